The molecule has 0 saturated heterocycles. The van der Waals surface area contributed by atoms with E-state index in [1.165, 1.54) is 0 Å². The lowest BCUT2D eigenvalue weighted by molar-refractivity contribution is -0.139. The fourth-order valence-electron chi connectivity index (χ4n) is 3.45. The number of benzene rings is 1. The first kappa shape index (κ1) is 18.2. The van der Waals surface area contributed by atoms with Crippen LogP contribution in [-0.2, 0) is 4.79 Å². The molecular weight excluding hydrogens is 358 g/mol. The van der Waals surface area contributed by atoms with E-state index in [1.54, 1.807) is 25.1 Å². The van der Waals surface area contributed by atoms with Crippen molar-refractivity contribution in [2.45, 2.75) is 45.6 Å². The molecule has 1 fully saturated rings. The largest absolute Gasteiger partial charge is 0.479 e. The highest BCUT2D eigenvalue weighted by Crippen LogP contribution is 2.40. The number of hydrogen-bond donors (Lipinski definition) is 2. The molecule has 1 aliphatic carbocycles. The number of nitrogens with zero attached hydrogens (tertiary/aromatic N) is 2. The van der Waals surface area contributed by atoms with E-state index in [0.29, 0.717) is 33.8 Å². The molecule has 1 atom stereocenters. The normalized spacial score (nSPS) is 14.8. The van der Waals surface area contributed by atoms with E-state index in [1.807, 2.05) is 19.9 Å². The average Bonchev–Trinajstić information content (AvgIpc) is 3.45. The molecule has 7 nitrogen and oxygen atoms in total. The Morgan fingerprint density at radius 1 is 1.25 bits per heavy atom. The third-order valence-electron chi connectivity index (χ3n) is 5.36. The van der Waals surface area contributed by atoms with E-state index in [0.717, 1.165) is 29.7 Å². The number of carboxylic acids is 1. The van der Waals surface area contributed by atoms with Gasteiger partial charge in [-0.05, 0) is 56.4 Å². The maximum Gasteiger partial charge on any atom is 0.330 e. The van der Waals surface area contributed by atoms with Crippen LogP contribution in [0.4, 0.5) is 0 Å². The molecule has 1 saturated carbocycles. The Kier molecular flexibility index (Phi) is 4.37. The molecule has 0 spiro atoms. The van der Waals surface area contributed by atoms with E-state index in [4.69, 9.17) is 4.52 Å². The Morgan fingerprint density at radius 3 is 2.68 bits per heavy atom. The van der Waals surface area contributed by atoms with Crippen molar-refractivity contribution in [2.24, 2.45) is 0 Å². The summed E-state index contributed by atoms with van der Waals surface area (Å²) >= 11 is 0. The molecule has 0 radical (unpaired) electrons. The van der Waals surface area contributed by atoms with Crippen LogP contribution < -0.4 is 5.32 Å². The van der Waals surface area contributed by atoms with Crippen molar-refractivity contribution in [3.8, 4) is 0 Å². The third-order valence-corrected chi connectivity index (χ3v) is 5.36. The van der Waals surface area contributed by atoms with Gasteiger partial charge in [0.15, 0.2) is 6.04 Å². The van der Waals surface area contributed by atoms with Gasteiger partial charge in [-0.15, -0.1) is 0 Å². The molecule has 144 valence electrons. The molecule has 1 aromatic carbocycles. The molecule has 1 aliphatic rings. The first-order valence-corrected chi connectivity index (χ1v) is 9.23. The van der Waals surface area contributed by atoms with E-state index in [-0.39, 0.29) is 0 Å². The third kappa shape index (κ3) is 3.13. The smallest absolute Gasteiger partial charge is 0.330 e. The summed E-state index contributed by atoms with van der Waals surface area (Å²) in [5.74, 6) is -1.28. The number of carbonyl (C=O) groups excluding carboxylic acids is 1. The maximum absolute atomic E-state index is 13.1. The van der Waals surface area contributed by atoms with Crippen molar-refractivity contribution in [3.63, 3.8) is 0 Å². The van der Waals surface area contributed by atoms with Crippen LogP contribution in [0.15, 0.2) is 28.8 Å². The molecule has 7 heteroatoms. The first-order valence-electron chi connectivity index (χ1n) is 9.23. The Morgan fingerprint density at radius 2 is 2.00 bits per heavy atom. The van der Waals surface area contributed by atoms with Crippen LogP contribution in [0.5, 0.6) is 0 Å². The van der Waals surface area contributed by atoms with Crippen molar-refractivity contribution >= 4 is 23.0 Å². The van der Waals surface area contributed by atoms with E-state index < -0.39 is 17.9 Å². The summed E-state index contributed by atoms with van der Waals surface area (Å²) in [7, 11) is 0. The number of carboxylic acid groups (broad SMARTS) is 1. The van der Waals surface area contributed by atoms with Crippen LogP contribution in [0.2, 0.25) is 0 Å². The summed E-state index contributed by atoms with van der Waals surface area (Å²) in [5, 5.41) is 16.9. The lowest BCUT2D eigenvalue weighted by atomic mass is 9.97. The zero-order chi connectivity index (χ0) is 20.0. The van der Waals surface area contributed by atoms with Gasteiger partial charge in [-0.25, -0.2) is 9.78 Å². The summed E-state index contributed by atoms with van der Waals surface area (Å²) < 4.78 is 5.27. The van der Waals surface area contributed by atoms with Gasteiger partial charge in [0.05, 0.1) is 16.6 Å². The molecule has 0 bridgehead atoms. The van der Waals surface area contributed by atoms with Gasteiger partial charge in [-0.1, -0.05) is 23.4 Å². The topological polar surface area (TPSA) is 105 Å². The fraction of sp³-hybridized carbons (Fsp3) is 0.333. The van der Waals surface area contributed by atoms with Crippen molar-refractivity contribution in [2.75, 3.05) is 0 Å². The Hall–Kier alpha value is -3.22. The average molecular weight is 379 g/mol. The number of nitrogens with one attached hydrogen (secondary N) is 1. The van der Waals surface area contributed by atoms with Crippen molar-refractivity contribution in [3.05, 3.63) is 57.9 Å². The van der Waals surface area contributed by atoms with Crippen LogP contribution in [0.1, 0.15) is 63.2 Å². The number of aryl methyl sites for hydroxylation is 2. The number of fused-ring (bicyclic) bond motifs is 1. The molecular formula is C21H21N3O4. The van der Waals surface area contributed by atoms with Crippen LogP contribution in [-0.4, -0.2) is 27.1 Å². The number of carbonyl (C=O) groups is 2. The summed E-state index contributed by atoms with van der Waals surface area (Å²) in [6.07, 6.45) is 2.04. The predicted molar refractivity (Wildman–Crippen MR) is 102 cm³/mol. The van der Waals surface area contributed by atoms with Crippen molar-refractivity contribution < 1.29 is 19.2 Å². The maximum atomic E-state index is 13.1. The van der Waals surface area contributed by atoms with Crippen molar-refractivity contribution in [1.29, 1.82) is 0 Å². The SMILES string of the molecule is Cc1cccc(C(NC(=O)c2cc(C3CC3)nc3onc(C)c23)C(=O)O)c1C. The highest BCUT2D eigenvalue weighted by molar-refractivity contribution is 6.07. The monoisotopic (exact) mass is 379 g/mol. The minimum Gasteiger partial charge on any atom is -0.479 e. The highest BCUT2D eigenvalue weighted by atomic mass is 16.5. The number of amides is 1. The second-order valence-corrected chi connectivity index (χ2v) is 7.35. The van der Waals surface area contributed by atoms with E-state index >= 15 is 0 Å². The molecule has 1 unspecified atom stereocenters. The zero-order valence-electron chi connectivity index (χ0n) is 15.9. The summed E-state index contributed by atoms with van der Waals surface area (Å²) in [5.41, 5.74) is 4.37. The lowest BCUT2D eigenvalue weighted by Gasteiger charge is -2.18. The van der Waals surface area contributed by atoms with Gasteiger partial charge in [-0.3, -0.25) is 4.79 Å². The number of pyridine rings is 1. The van der Waals surface area contributed by atoms with Gasteiger partial charge in [0.25, 0.3) is 11.6 Å². The van der Waals surface area contributed by atoms with Gasteiger partial charge >= 0.3 is 5.97 Å². The minimum absolute atomic E-state index is 0.311. The number of aromatic nitrogens is 2. The molecule has 0 aliphatic heterocycles. The molecule has 2 N–H and O–H groups in total. The summed E-state index contributed by atoms with van der Waals surface area (Å²) in [6, 6.07) is 6.01. The van der Waals surface area contributed by atoms with Crippen molar-refractivity contribution in [1.82, 2.24) is 15.5 Å². The lowest BCUT2D eigenvalue weighted by Crippen LogP contribution is -2.34. The predicted octanol–water partition coefficient (Wildman–Crippen LogP) is 3.58. The van der Waals surface area contributed by atoms with E-state index in [2.05, 4.69) is 15.5 Å². The second-order valence-electron chi connectivity index (χ2n) is 7.35. The van der Waals surface area contributed by atoms with Crippen LogP contribution in [0, 0.1) is 20.8 Å². The molecule has 1 amide bonds. The molecule has 2 aromatic heterocycles. The first-order chi connectivity index (χ1) is 13.4. The Labute approximate surface area is 161 Å². The molecule has 28 heavy (non-hydrogen) atoms. The standard InChI is InChI=1S/C21H21N3O4/c1-10-5-4-6-14(11(10)2)18(21(26)27)23-19(25)15-9-16(13-7-8-13)22-20-17(15)12(3)24-28-20/h4-6,9,13,18H,7-8H2,1-3H3,(H,23,25)(H,26,27). The highest BCUT2D eigenvalue weighted by Gasteiger charge is 2.30. The number of rotatable bonds is 5. The molecule has 4 rings (SSSR count). The minimum atomic E-state index is -1.15. The van der Waals surface area contributed by atoms with Gasteiger partial charge in [0.2, 0.25) is 0 Å². The number of aliphatic carboxylic acids is 1. The van der Waals surface area contributed by atoms with Gasteiger partial charge < -0.3 is 14.9 Å². The van der Waals surface area contributed by atoms with Crippen LogP contribution in [0.25, 0.3) is 11.1 Å². The summed E-state index contributed by atoms with van der Waals surface area (Å²) in [6.45, 7) is 5.50. The van der Waals surface area contributed by atoms with Crippen LogP contribution >= 0.6 is 0 Å². The zero-order valence-corrected chi connectivity index (χ0v) is 15.9. The quantitative estimate of drug-likeness (QED) is 0.702. The molecule has 3 aromatic rings. The van der Waals surface area contributed by atoms with Gasteiger partial charge in [-0.2, -0.15) is 0 Å². The summed E-state index contributed by atoms with van der Waals surface area (Å²) in [4.78, 5) is 29.5. The Bertz CT molecular complexity index is 1100. The second kappa shape index (κ2) is 6.74. The van der Waals surface area contributed by atoms with E-state index in [9.17, 15) is 14.7 Å². The van der Waals surface area contributed by atoms with Gasteiger partial charge in [0.1, 0.15) is 0 Å². The van der Waals surface area contributed by atoms with Gasteiger partial charge in [0, 0.05) is 11.6 Å². The molecule has 2 heterocycles. The number of hydrogen-bond acceptors (Lipinski definition) is 5. The fourth-order valence-corrected chi connectivity index (χ4v) is 3.45. The Balaban J connectivity index is 1.75. The van der Waals surface area contributed by atoms with Crippen LogP contribution in [0.3, 0.4) is 0 Å².